The fourth-order valence-electron chi connectivity index (χ4n) is 2.98. The van der Waals surface area contributed by atoms with Gasteiger partial charge in [0.2, 0.25) is 5.91 Å². The van der Waals surface area contributed by atoms with Gasteiger partial charge in [-0.3, -0.25) is 9.59 Å². The Hall–Kier alpha value is -3.67. The molecule has 148 valence electrons. The maximum absolute atomic E-state index is 12.5. The fraction of sp³-hybridized carbons (Fsp3) is 0.174. The van der Waals surface area contributed by atoms with E-state index in [9.17, 15) is 9.59 Å². The number of benzene rings is 2. The molecule has 0 radical (unpaired) electrons. The molecule has 2 amide bonds. The first-order chi connectivity index (χ1) is 14.0. The Labute approximate surface area is 170 Å². The lowest BCUT2D eigenvalue weighted by atomic mass is 10.1. The van der Waals surface area contributed by atoms with Gasteiger partial charge in [0.1, 0.15) is 5.82 Å². The molecule has 0 spiro atoms. The van der Waals surface area contributed by atoms with Gasteiger partial charge in [-0.05, 0) is 60.9 Å². The lowest BCUT2D eigenvalue weighted by Crippen LogP contribution is -2.12. The van der Waals surface area contributed by atoms with Crippen LogP contribution < -0.4 is 16.0 Å². The molecule has 6 heteroatoms. The molecule has 0 unspecified atom stereocenters. The van der Waals surface area contributed by atoms with Gasteiger partial charge in [0.25, 0.3) is 5.91 Å². The Balaban J connectivity index is 1.67. The molecule has 3 N–H and O–H groups in total. The lowest BCUT2D eigenvalue weighted by molar-refractivity contribution is -0.114. The Morgan fingerprint density at radius 1 is 0.931 bits per heavy atom. The molecule has 0 bridgehead atoms. The van der Waals surface area contributed by atoms with Gasteiger partial charge in [0, 0.05) is 30.2 Å². The SMILES string of the molecule is CCc1cccc(C)c1Nc1ccc(C(=O)Nc2ccc(NC(C)=O)cc2)cn1. The molecule has 1 aromatic heterocycles. The summed E-state index contributed by atoms with van der Waals surface area (Å²) in [5.74, 6) is 0.296. The molecule has 3 aromatic rings. The monoisotopic (exact) mass is 388 g/mol. The van der Waals surface area contributed by atoms with Crippen molar-refractivity contribution in [1.29, 1.82) is 0 Å². The summed E-state index contributed by atoms with van der Waals surface area (Å²) < 4.78 is 0. The predicted molar refractivity (Wildman–Crippen MR) is 117 cm³/mol. The van der Waals surface area contributed by atoms with Crippen LogP contribution in [0.15, 0.2) is 60.8 Å². The molecule has 29 heavy (non-hydrogen) atoms. The molecule has 0 saturated carbocycles. The van der Waals surface area contributed by atoms with E-state index in [1.165, 1.54) is 12.5 Å². The zero-order chi connectivity index (χ0) is 20.8. The number of anilines is 4. The number of aromatic nitrogens is 1. The standard InChI is InChI=1S/C23H24N4O2/c1-4-17-7-5-6-15(2)22(17)27-21-13-8-18(14-24-21)23(29)26-20-11-9-19(10-12-20)25-16(3)28/h5-14H,4H2,1-3H3,(H,24,27)(H,25,28)(H,26,29). The second-order valence-corrected chi connectivity index (χ2v) is 6.73. The van der Waals surface area contributed by atoms with Gasteiger partial charge in [-0.25, -0.2) is 4.98 Å². The van der Waals surface area contributed by atoms with Gasteiger partial charge >= 0.3 is 0 Å². The zero-order valence-electron chi connectivity index (χ0n) is 16.7. The van der Waals surface area contributed by atoms with Crippen LogP contribution >= 0.6 is 0 Å². The van der Waals surface area contributed by atoms with Gasteiger partial charge in [0.15, 0.2) is 0 Å². The van der Waals surface area contributed by atoms with E-state index in [-0.39, 0.29) is 11.8 Å². The van der Waals surface area contributed by atoms with E-state index in [1.54, 1.807) is 42.6 Å². The van der Waals surface area contributed by atoms with E-state index >= 15 is 0 Å². The Morgan fingerprint density at radius 2 is 1.62 bits per heavy atom. The summed E-state index contributed by atoms with van der Waals surface area (Å²) in [6, 6.07) is 16.7. The number of aryl methyl sites for hydroxylation is 2. The Morgan fingerprint density at radius 3 is 2.21 bits per heavy atom. The van der Waals surface area contributed by atoms with Crippen molar-refractivity contribution in [2.45, 2.75) is 27.2 Å². The van der Waals surface area contributed by atoms with Gasteiger partial charge in [-0.2, -0.15) is 0 Å². The quantitative estimate of drug-likeness (QED) is 0.560. The number of pyridine rings is 1. The first-order valence-corrected chi connectivity index (χ1v) is 9.47. The van der Waals surface area contributed by atoms with E-state index in [2.05, 4.69) is 46.9 Å². The summed E-state index contributed by atoms with van der Waals surface area (Å²) in [4.78, 5) is 27.9. The predicted octanol–water partition coefficient (Wildman–Crippen LogP) is 4.91. The largest absolute Gasteiger partial charge is 0.340 e. The van der Waals surface area contributed by atoms with Gasteiger partial charge < -0.3 is 16.0 Å². The zero-order valence-corrected chi connectivity index (χ0v) is 16.7. The van der Waals surface area contributed by atoms with E-state index < -0.39 is 0 Å². The van der Waals surface area contributed by atoms with Crippen LogP contribution in [0.4, 0.5) is 22.9 Å². The molecule has 0 fully saturated rings. The molecule has 3 rings (SSSR count). The number of hydrogen-bond acceptors (Lipinski definition) is 4. The van der Waals surface area contributed by atoms with Crippen LogP contribution in [-0.2, 0) is 11.2 Å². The molecule has 2 aromatic carbocycles. The smallest absolute Gasteiger partial charge is 0.257 e. The minimum absolute atomic E-state index is 0.140. The summed E-state index contributed by atoms with van der Waals surface area (Å²) in [7, 11) is 0. The lowest BCUT2D eigenvalue weighted by Gasteiger charge is -2.13. The number of amides is 2. The number of nitrogens with one attached hydrogen (secondary N) is 3. The molecule has 6 nitrogen and oxygen atoms in total. The van der Waals surface area contributed by atoms with Crippen LogP contribution in [0, 0.1) is 6.92 Å². The number of nitrogens with zero attached hydrogens (tertiary/aromatic N) is 1. The fourth-order valence-corrected chi connectivity index (χ4v) is 2.98. The molecule has 0 atom stereocenters. The maximum Gasteiger partial charge on any atom is 0.257 e. The molecule has 1 heterocycles. The first kappa shape index (κ1) is 20.1. The van der Waals surface area contributed by atoms with Gasteiger partial charge in [-0.15, -0.1) is 0 Å². The van der Waals surface area contributed by atoms with E-state index in [1.807, 2.05) is 6.07 Å². The second kappa shape index (κ2) is 9.01. The number of hydrogen-bond donors (Lipinski definition) is 3. The van der Waals surface area contributed by atoms with Crippen molar-refractivity contribution in [2.75, 3.05) is 16.0 Å². The highest BCUT2D eigenvalue weighted by Gasteiger charge is 2.09. The molecule has 0 saturated heterocycles. The number of para-hydroxylation sites is 1. The van der Waals surface area contributed by atoms with E-state index in [0.717, 1.165) is 17.7 Å². The summed E-state index contributed by atoms with van der Waals surface area (Å²) in [6.45, 7) is 5.62. The van der Waals surface area contributed by atoms with Crippen LogP contribution in [0.1, 0.15) is 35.3 Å². The van der Waals surface area contributed by atoms with Crippen LogP contribution in [0.3, 0.4) is 0 Å². The normalized spacial score (nSPS) is 10.3. The summed E-state index contributed by atoms with van der Waals surface area (Å²) in [5, 5.41) is 8.86. The van der Waals surface area contributed by atoms with Crippen molar-refractivity contribution in [3.8, 4) is 0 Å². The van der Waals surface area contributed by atoms with Crippen molar-refractivity contribution in [3.05, 3.63) is 77.5 Å². The van der Waals surface area contributed by atoms with E-state index in [0.29, 0.717) is 22.8 Å². The molecular formula is C23H24N4O2. The topological polar surface area (TPSA) is 83.1 Å². The average molecular weight is 388 g/mol. The van der Waals surface area contributed by atoms with Crippen molar-refractivity contribution < 1.29 is 9.59 Å². The van der Waals surface area contributed by atoms with Gasteiger partial charge in [-0.1, -0.05) is 25.1 Å². The Bertz CT molecular complexity index is 1010. The highest BCUT2D eigenvalue weighted by Crippen LogP contribution is 2.24. The van der Waals surface area contributed by atoms with Crippen LogP contribution in [0.5, 0.6) is 0 Å². The van der Waals surface area contributed by atoms with Crippen molar-refractivity contribution in [2.24, 2.45) is 0 Å². The first-order valence-electron chi connectivity index (χ1n) is 9.47. The minimum atomic E-state index is -0.249. The third-order valence-electron chi connectivity index (χ3n) is 4.48. The third-order valence-corrected chi connectivity index (χ3v) is 4.48. The maximum atomic E-state index is 12.5. The molecule has 0 aliphatic heterocycles. The minimum Gasteiger partial charge on any atom is -0.340 e. The van der Waals surface area contributed by atoms with Crippen LogP contribution in [0.25, 0.3) is 0 Å². The van der Waals surface area contributed by atoms with E-state index in [4.69, 9.17) is 0 Å². The second-order valence-electron chi connectivity index (χ2n) is 6.73. The molecular weight excluding hydrogens is 364 g/mol. The van der Waals surface area contributed by atoms with Crippen molar-refractivity contribution in [1.82, 2.24) is 4.98 Å². The van der Waals surface area contributed by atoms with Crippen molar-refractivity contribution >= 4 is 34.7 Å². The summed E-state index contributed by atoms with van der Waals surface area (Å²) in [6.07, 6.45) is 2.47. The van der Waals surface area contributed by atoms with Crippen LogP contribution in [-0.4, -0.2) is 16.8 Å². The van der Waals surface area contributed by atoms with Crippen molar-refractivity contribution in [3.63, 3.8) is 0 Å². The number of carbonyl (C=O) groups is 2. The highest BCUT2D eigenvalue weighted by atomic mass is 16.2. The third kappa shape index (κ3) is 5.19. The molecule has 0 aliphatic rings. The average Bonchev–Trinajstić information content (AvgIpc) is 2.71. The highest BCUT2D eigenvalue weighted by molar-refractivity contribution is 6.04. The van der Waals surface area contributed by atoms with Gasteiger partial charge in [0.05, 0.1) is 5.56 Å². The Kier molecular flexibility index (Phi) is 6.24. The van der Waals surface area contributed by atoms with Crippen LogP contribution in [0.2, 0.25) is 0 Å². The number of rotatable bonds is 6. The molecule has 0 aliphatic carbocycles. The summed E-state index contributed by atoms with van der Waals surface area (Å²) in [5.41, 5.74) is 5.20. The summed E-state index contributed by atoms with van der Waals surface area (Å²) >= 11 is 0. The number of carbonyl (C=O) groups excluding carboxylic acids is 2.